The van der Waals surface area contributed by atoms with E-state index in [2.05, 4.69) is 171 Å². The van der Waals surface area contributed by atoms with E-state index in [1.807, 2.05) is 30.3 Å². The Morgan fingerprint density at radius 2 is 1.14 bits per heavy atom. The van der Waals surface area contributed by atoms with Gasteiger partial charge in [0.2, 0.25) is 0 Å². The lowest BCUT2D eigenvalue weighted by Crippen LogP contribution is -2.61. The van der Waals surface area contributed by atoms with Crippen LogP contribution in [0.2, 0.25) is 0 Å². The van der Waals surface area contributed by atoms with Gasteiger partial charge in [0.25, 0.3) is 0 Å². The van der Waals surface area contributed by atoms with Crippen LogP contribution in [0.25, 0.3) is 65.8 Å². The zero-order valence-electron chi connectivity index (χ0n) is 35.7. The monoisotopic (exact) mass is 826 g/mol. The van der Waals surface area contributed by atoms with Crippen LogP contribution in [0.1, 0.15) is 31.9 Å². The summed E-state index contributed by atoms with van der Waals surface area (Å²) >= 11 is 0. The summed E-state index contributed by atoms with van der Waals surface area (Å²) in [4.78, 5) is 4.97. The van der Waals surface area contributed by atoms with Crippen LogP contribution in [0.3, 0.4) is 0 Å². The van der Waals surface area contributed by atoms with Crippen LogP contribution in [0, 0.1) is 6.92 Å². The predicted molar refractivity (Wildman–Crippen MR) is 262 cm³/mol. The Bertz CT molecular complexity index is 3840. The lowest BCUT2D eigenvalue weighted by atomic mass is 9.43. The summed E-state index contributed by atoms with van der Waals surface area (Å²) in [6, 6.07) is 58.2. The zero-order chi connectivity index (χ0) is 42.6. The number of hydrogen-bond donors (Lipinski definition) is 0. The molecule has 9 aromatic carbocycles. The number of hydrogen-bond acceptors (Lipinski definition) is 6. The number of anilines is 5. The van der Waals surface area contributed by atoms with E-state index in [4.69, 9.17) is 18.3 Å². The Morgan fingerprint density at radius 3 is 1.92 bits per heavy atom. The molecule has 0 atom stereocenters. The van der Waals surface area contributed by atoms with Gasteiger partial charge in [-0.25, -0.2) is 0 Å². The highest BCUT2D eigenvalue weighted by atomic mass is 16.6. The summed E-state index contributed by atoms with van der Waals surface area (Å²) in [6.07, 6.45) is 0. The van der Waals surface area contributed by atoms with Gasteiger partial charge in [0.05, 0.1) is 5.69 Å². The molecule has 0 N–H and O–H groups in total. The first-order chi connectivity index (χ1) is 31.3. The molecule has 0 saturated heterocycles. The minimum atomic E-state index is -0.345. The maximum atomic E-state index is 6.95. The van der Waals surface area contributed by atoms with Crippen molar-refractivity contribution in [1.82, 2.24) is 0 Å². The summed E-state index contributed by atoms with van der Waals surface area (Å²) < 4.78 is 27.4. The van der Waals surface area contributed by atoms with Gasteiger partial charge in [-0.2, -0.15) is 0 Å². The average molecular weight is 827 g/mol. The third-order valence-corrected chi connectivity index (χ3v) is 13.7. The quantitative estimate of drug-likeness (QED) is 0.162. The molecule has 11 aromatic rings. The van der Waals surface area contributed by atoms with E-state index < -0.39 is 0 Å². The fourth-order valence-electron chi connectivity index (χ4n) is 10.8. The van der Waals surface area contributed by atoms with Gasteiger partial charge in [-0.05, 0) is 99.3 Å². The van der Waals surface area contributed by atoms with Crippen LogP contribution in [-0.4, -0.2) is 6.85 Å². The molecule has 0 radical (unpaired) electrons. The van der Waals surface area contributed by atoms with Crippen LogP contribution in [0.15, 0.2) is 173 Å². The second kappa shape index (κ2) is 12.6. The topological polar surface area (TPSA) is 51.2 Å². The van der Waals surface area contributed by atoms with E-state index in [-0.39, 0.29) is 12.3 Å². The maximum Gasteiger partial charge on any atom is 0.333 e. The van der Waals surface area contributed by atoms with Gasteiger partial charge in [-0.1, -0.05) is 124 Å². The van der Waals surface area contributed by atoms with E-state index in [1.165, 1.54) is 32.9 Å². The molecular formula is C57H39BN2O4. The van der Waals surface area contributed by atoms with Crippen molar-refractivity contribution in [3.05, 3.63) is 175 Å². The highest BCUT2D eigenvalue weighted by Gasteiger charge is 2.48. The van der Waals surface area contributed by atoms with E-state index in [0.717, 1.165) is 83.3 Å². The fourth-order valence-corrected chi connectivity index (χ4v) is 10.8. The molecule has 0 saturated carbocycles. The molecular weight excluding hydrogens is 787 g/mol. The maximum absolute atomic E-state index is 6.95. The number of aryl methyl sites for hydroxylation is 1. The summed E-state index contributed by atoms with van der Waals surface area (Å²) in [6.45, 7) is 8.70. The number of rotatable bonds is 2. The first-order valence-electron chi connectivity index (χ1n) is 22.0. The molecule has 5 heterocycles. The molecule has 0 amide bonds. The predicted octanol–water partition coefficient (Wildman–Crippen LogP) is 14.9. The number of fused-ring (bicyclic) bond motifs is 15. The summed E-state index contributed by atoms with van der Waals surface area (Å²) in [5.41, 5.74) is 15.6. The normalized spacial score (nSPS) is 13.8. The van der Waals surface area contributed by atoms with E-state index in [1.54, 1.807) is 0 Å². The molecule has 0 unspecified atom stereocenters. The van der Waals surface area contributed by atoms with Crippen LogP contribution in [-0.2, 0) is 5.41 Å². The molecule has 2 aromatic heterocycles. The van der Waals surface area contributed by atoms with Crippen molar-refractivity contribution in [2.24, 2.45) is 0 Å². The molecule has 64 heavy (non-hydrogen) atoms. The Kier molecular flexibility index (Phi) is 7.03. The second-order valence-electron chi connectivity index (χ2n) is 18.5. The third kappa shape index (κ3) is 4.81. The number of ether oxygens (including phenoxy) is 2. The Hall–Kier alpha value is -7.90. The molecule has 304 valence electrons. The summed E-state index contributed by atoms with van der Waals surface area (Å²) in [7, 11) is 0. The molecule has 0 bridgehead atoms. The van der Waals surface area contributed by atoms with Crippen molar-refractivity contribution in [3.63, 3.8) is 0 Å². The SMILES string of the molecule is Cc1cc(C(C)(C)C)ccc1N1c2cc3c(cc2B2c4c1cc1oc5ccccc5c1c4-c1c(ccc4ccccc14)N2c1cccc2c1oc1ccccc12)Oc1ccccc1O3. The van der Waals surface area contributed by atoms with E-state index in [9.17, 15) is 0 Å². The number of para-hydroxylation sites is 5. The molecule has 3 aliphatic rings. The minimum Gasteiger partial charge on any atom is -0.456 e. The molecule has 3 aliphatic heterocycles. The molecule has 0 spiro atoms. The van der Waals surface area contributed by atoms with Crippen LogP contribution >= 0.6 is 0 Å². The van der Waals surface area contributed by atoms with E-state index in [0.29, 0.717) is 23.0 Å². The Balaban J connectivity index is 1.17. The van der Waals surface area contributed by atoms with Crippen molar-refractivity contribution in [1.29, 1.82) is 0 Å². The van der Waals surface area contributed by atoms with Crippen molar-refractivity contribution in [2.45, 2.75) is 33.1 Å². The number of benzene rings is 9. The van der Waals surface area contributed by atoms with Crippen LogP contribution in [0.5, 0.6) is 23.0 Å². The summed E-state index contributed by atoms with van der Waals surface area (Å²) in [5, 5.41) is 6.69. The van der Waals surface area contributed by atoms with Crippen molar-refractivity contribution in [2.75, 3.05) is 9.71 Å². The van der Waals surface area contributed by atoms with Crippen LogP contribution in [0.4, 0.5) is 28.4 Å². The highest BCUT2D eigenvalue weighted by molar-refractivity contribution is 6.94. The first kappa shape index (κ1) is 35.7. The molecule has 6 nitrogen and oxygen atoms in total. The van der Waals surface area contributed by atoms with Gasteiger partial charge >= 0.3 is 6.85 Å². The molecule has 0 fully saturated rings. The lowest BCUT2D eigenvalue weighted by molar-refractivity contribution is 0.360. The van der Waals surface area contributed by atoms with Gasteiger partial charge in [0.15, 0.2) is 28.6 Å². The van der Waals surface area contributed by atoms with Gasteiger partial charge in [0, 0.05) is 62.0 Å². The van der Waals surface area contributed by atoms with E-state index >= 15 is 0 Å². The summed E-state index contributed by atoms with van der Waals surface area (Å²) in [5.74, 6) is 2.70. The van der Waals surface area contributed by atoms with Gasteiger partial charge < -0.3 is 28.0 Å². The highest BCUT2D eigenvalue weighted by Crippen LogP contribution is 2.56. The Morgan fingerprint density at radius 1 is 0.469 bits per heavy atom. The lowest BCUT2D eigenvalue weighted by Gasteiger charge is -2.46. The van der Waals surface area contributed by atoms with Gasteiger partial charge in [-0.15, -0.1) is 0 Å². The number of furan rings is 2. The standard InChI is InChI=1S/C57H39BN2O4/c1-32-28-34(57(2,3)4)25-27-40(32)59-43-30-50-49(62-47-22-11-12-23-48(47)63-50)29-39(43)58-55-44(59)31-51-53(38-17-8-10-21-46(38)61-51)54(55)52-35-15-6-5-14-33(35)24-26-41(52)60(58)42-19-13-18-37-36-16-7-9-20-45(36)64-56(37)42/h5-31H,1-4H3. The van der Waals surface area contributed by atoms with Crippen molar-refractivity contribution in [3.8, 4) is 34.1 Å². The fraction of sp³-hybridized carbons (Fsp3) is 0.0877. The molecule has 7 heteroatoms. The van der Waals surface area contributed by atoms with Crippen LogP contribution < -0.4 is 30.1 Å². The smallest absolute Gasteiger partial charge is 0.333 e. The third-order valence-electron chi connectivity index (χ3n) is 13.7. The van der Waals surface area contributed by atoms with Crippen molar-refractivity contribution >= 4 is 101 Å². The van der Waals surface area contributed by atoms with Gasteiger partial charge in [0.1, 0.15) is 16.7 Å². The Labute approximate surface area is 369 Å². The van der Waals surface area contributed by atoms with Gasteiger partial charge in [-0.3, -0.25) is 0 Å². The second-order valence-corrected chi connectivity index (χ2v) is 18.5. The average Bonchev–Trinajstić information content (AvgIpc) is 3.88. The van der Waals surface area contributed by atoms with Crippen molar-refractivity contribution < 1.29 is 18.3 Å². The zero-order valence-corrected chi connectivity index (χ0v) is 35.7. The number of nitrogens with zero attached hydrogens (tertiary/aromatic N) is 2. The largest absolute Gasteiger partial charge is 0.456 e. The minimum absolute atomic E-state index is 0.0267. The molecule has 14 rings (SSSR count). The molecule has 0 aliphatic carbocycles. The first-order valence-corrected chi connectivity index (χ1v) is 22.0.